The van der Waals surface area contributed by atoms with Gasteiger partial charge in [-0.15, -0.1) is 0 Å². The van der Waals surface area contributed by atoms with Crippen LogP contribution in [0.15, 0.2) is 36.5 Å². The van der Waals surface area contributed by atoms with Crippen LogP contribution < -0.4 is 0 Å². The van der Waals surface area contributed by atoms with E-state index in [1.54, 1.807) is 6.20 Å². The maximum Gasteiger partial charge on any atom is 0.257 e. The molecular formula is C17H21N3O. The van der Waals surface area contributed by atoms with Gasteiger partial charge in [0.25, 0.3) is 5.91 Å². The average Bonchev–Trinajstić information content (AvgIpc) is 2.93. The number of hydrogen-bond donors (Lipinski definition) is 1. The second-order valence-corrected chi connectivity index (χ2v) is 5.94. The first-order chi connectivity index (χ1) is 10.2. The van der Waals surface area contributed by atoms with Crippen LogP contribution in [-0.2, 0) is 0 Å². The van der Waals surface area contributed by atoms with E-state index < -0.39 is 0 Å². The summed E-state index contributed by atoms with van der Waals surface area (Å²) in [5.41, 5.74) is 2.93. The van der Waals surface area contributed by atoms with Crippen LogP contribution in [0.25, 0.3) is 0 Å². The zero-order chi connectivity index (χ0) is 14.8. The molecule has 0 radical (unpaired) electrons. The van der Waals surface area contributed by atoms with Gasteiger partial charge in [0.05, 0.1) is 11.8 Å². The molecule has 1 N–H and O–H groups in total. The van der Waals surface area contributed by atoms with E-state index in [0.717, 1.165) is 25.2 Å². The van der Waals surface area contributed by atoms with Crippen molar-refractivity contribution in [2.75, 3.05) is 13.1 Å². The molecule has 2 atom stereocenters. The molecule has 1 amide bonds. The van der Waals surface area contributed by atoms with Gasteiger partial charge >= 0.3 is 0 Å². The van der Waals surface area contributed by atoms with E-state index in [1.165, 1.54) is 5.56 Å². The van der Waals surface area contributed by atoms with Gasteiger partial charge in [-0.2, -0.15) is 5.10 Å². The highest BCUT2D eigenvalue weighted by Crippen LogP contribution is 2.33. The molecule has 1 aromatic carbocycles. The minimum atomic E-state index is 0.0969. The van der Waals surface area contributed by atoms with Crippen molar-refractivity contribution in [3.8, 4) is 0 Å². The van der Waals surface area contributed by atoms with Gasteiger partial charge in [-0.1, -0.05) is 37.3 Å². The van der Waals surface area contributed by atoms with Crippen LogP contribution in [0.5, 0.6) is 0 Å². The van der Waals surface area contributed by atoms with Crippen molar-refractivity contribution in [1.82, 2.24) is 15.1 Å². The number of amides is 1. The lowest BCUT2D eigenvalue weighted by molar-refractivity contribution is 0.0660. The highest BCUT2D eigenvalue weighted by Gasteiger charge is 2.30. The zero-order valence-electron chi connectivity index (χ0n) is 12.5. The monoisotopic (exact) mass is 283 g/mol. The fourth-order valence-corrected chi connectivity index (χ4v) is 3.26. The molecule has 1 aliphatic heterocycles. The third-order valence-corrected chi connectivity index (χ3v) is 4.48. The Labute approximate surface area is 125 Å². The number of rotatable bonds is 2. The summed E-state index contributed by atoms with van der Waals surface area (Å²) in [6.07, 6.45) is 2.65. The van der Waals surface area contributed by atoms with Crippen LogP contribution >= 0.6 is 0 Å². The predicted octanol–water partition coefficient (Wildman–Crippen LogP) is 2.98. The second-order valence-electron chi connectivity index (χ2n) is 5.94. The molecule has 0 spiro atoms. The Morgan fingerprint density at radius 1 is 1.33 bits per heavy atom. The highest BCUT2D eigenvalue weighted by atomic mass is 16.2. The highest BCUT2D eigenvalue weighted by molar-refractivity contribution is 5.95. The van der Waals surface area contributed by atoms with E-state index in [-0.39, 0.29) is 5.91 Å². The van der Waals surface area contributed by atoms with Gasteiger partial charge in [-0.05, 0) is 30.7 Å². The van der Waals surface area contributed by atoms with E-state index in [0.29, 0.717) is 17.4 Å². The van der Waals surface area contributed by atoms with Crippen molar-refractivity contribution in [2.24, 2.45) is 5.92 Å². The number of carbonyl (C=O) groups excluding carboxylic acids is 1. The van der Waals surface area contributed by atoms with Crippen molar-refractivity contribution < 1.29 is 4.79 Å². The summed E-state index contributed by atoms with van der Waals surface area (Å²) in [6.45, 7) is 5.75. The fraction of sp³-hybridized carbons (Fsp3) is 0.412. The molecule has 2 unspecified atom stereocenters. The lowest BCUT2D eigenvalue weighted by Crippen LogP contribution is -2.42. The number of H-pyrrole nitrogens is 1. The van der Waals surface area contributed by atoms with E-state index >= 15 is 0 Å². The Bertz CT molecular complexity index is 620. The molecule has 1 aliphatic rings. The summed E-state index contributed by atoms with van der Waals surface area (Å²) >= 11 is 0. The molecule has 0 saturated carbocycles. The van der Waals surface area contributed by atoms with Crippen LogP contribution in [0.4, 0.5) is 0 Å². The van der Waals surface area contributed by atoms with E-state index in [9.17, 15) is 4.79 Å². The fourth-order valence-electron chi connectivity index (χ4n) is 3.26. The first kappa shape index (κ1) is 13.9. The van der Waals surface area contributed by atoms with Crippen molar-refractivity contribution in [1.29, 1.82) is 0 Å². The van der Waals surface area contributed by atoms with E-state index in [4.69, 9.17) is 0 Å². The molecule has 21 heavy (non-hydrogen) atoms. The Morgan fingerprint density at radius 2 is 2.10 bits per heavy atom. The summed E-state index contributed by atoms with van der Waals surface area (Å²) in [7, 11) is 0. The number of hydrogen-bond acceptors (Lipinski definition) is 2. The third kappa shape index (κ3) is 2.71. The maximum atomic E-state index is 12.5. The molecule has 4 nitrogen and oxygen atoms in total. The largest absolute Gasteiger partial charge is 0.338 e. The summed E-state index contributed by atoms with van der Waals surface area (Å²) in [4.78, 5) is 14.5. The van der Waals surface area contributed by atoms with Gasteiger partial charge in [-0.3, -0.25) is 9.89 Å². The lowest BCUT2D eigenvalue weighted by atomic mass is 9.81. The van der Waals surface area contributed by atoms with Crippen LogP contribution in [0.1, 0.15) is 40.9 Å². The van der Waals surface area contributed by atoms with E-state index in [2.05, 4.69) is 47.5 Å². The number of aromatic nitrogens is 2. The first-order valence-electron chi connectivity index (χ1n) is 7.51. The number of aromatic amines is 1. The number of benzene rings is 1. The number of aryl methyl sites for hydroxylation is 1. The molecule has 0 bridgehead atoms. The molecule has 1 saturated heterocycles. The number of nitrogens with one attached hydrogen (secondary N) is 1. The summed E-state index contributed by atoms with van der Waals surface area (Å²) in [5, 5.41) is 6.78. The Morgan fingerprint density at radius 3 is 2.71 bits per heavy atom. The van der Waals surface area contributed by atoms with Gasteiger partial charge in [0.15, 0.2) is 0 Å². The zero-order valence-corrected chi connectivity index (χ0v) is 12.5. The first-order valence-corrected chi connectivity index (χ1v) is 7.51. The molecule has 1 fully saturated rings. The minimum Gasteiger partial charge on any atom is -0.338 e. The SMILES string of the molecule is Cc1[nH]ncc1C(=O)N1CCC(c2ccccc2)C(C)C1. The van der Waals surface area contributed by atoms with Crippen LogP contribution in [0.2, 0.25) is 0 Å². The molecule has 2 aromatic rings. The van der Waals surface area contributed by atoms with Gasteiger partial charge in [0.1, 0.15) is 0 Å². The average molecular weight is 283 g/mol. The number of piperidine rings is 1. The number of likely N-dealkylation sites (tertiary alicyclic amines) is 1. The van der Waals surface area contributed by atoms with E-state index in [1.807, 2.05) is 11.8 Å². The Kier molecular flexibility index (Phi) is 3.78. The molecule has 4 heteroatoms. The molecule has 1 aromatic heterocycles. The normalized spacial score (nSPS) is 22.3. The second kappa shape index (κ2) is 5.72. The van der Waals surface area contributed by atoms with Crippen molar-refractivity contribution >= 4 is 5.91 Å². The topological polar surface area (TPSA) is 49.0 Å². The summed E-state index contributed by atoms with van der Waals surface area (Å²) in [5.74, 6) is 1.11. The standard InChI is InChI=1S/C17H21N3O/c1-12-11-20(17(21)16-10-18-19-13(16)2)9-8-15(12)14-6-4-3-5-7-14/h3-7,10,12,15H,8-9,11H2,1-2H3,(H,18,19). The van der Waals surface area contributed by atoms with Crippen molar-refractivity contribution in [3.63, 3.8) is 0 Å². The molecule has 2 heterocycles. The van der Waals surface area contributed by atoms with Crippen LogP contribution in [0.3, 0.4) is 0 Å². The molecule has 0 aliphatic carbocycles. The molecular weight excluding hydrogens is 262 g/mol. The number of carbonyl (C=O) groups is 1. The molecule has 110 valence electrons. The lowest BCUT2D eigenvalue weighted by Gasteiger charge is -2.37. The third-order valence-electron chi connectivity index (χ3n) is 4.48. The van der Waals surface area contributed by atoms with Crippen LogP contribution in [0, 0.1) is 12.8 Å². The predicted molar refractivity (Wildman–Crippen MR) is 82.2 cm³/mol. The van der Waals surface area contributed by atoms with Gasteiger partial charge in [-0.25, -0.2) is 0 Å². The van der Waals surface area contributed by atoms with Crippen molar-refractivity contribution in [2.45, 2.75) is 26.2 Å². The van der Waals surface area contributed by atoms with Gasteiger partial charge in [0, 0.05) is 18.8 Å². The minimum absolute atomic E-state index is 0.0969. The summed E-state index contributed by atoms with van der Waals surface area (Å²) in [6, 6.07) is 10.6. The van der Waals surface area contributed by atoms with Gasteiger partial charge < -0.3 is 4.90 Å². The van der Waals surface area contributed by atoms with Gasteiger partial charge in [0.2, 0.25) is 0 Å². The maximum absolute atomic E-state index is 12.5. The smallest absolute Gasteiger partial charge is 0.257 e. The quantitative estimate of drug-likeness (QED) is 0.921. The Balaban J connectivity index is 1.71. The number of nitrogens with zero attached hydrogens (tertiary/aromatic N) is 2. The molecule has 3 rings (SSSR count). The van der Waals surface area contributed by atoms with Crippen molar-refractivity contribution in [3.05, 3.63) is 53.3 Å². The van der Waals surface area contributed by atoms with Crippen LogP contribution in [-0.4, -0.2) is 34.1 Å². The summed E-state index contributed by atoms with van der Waals surface area (Å²) < 4.78 is 0. The Hall–Kier alpha value is -2.10.